The summed E-state index contributed by atoms with van der Waals surface area (Å²) >= 11 is 0. The summed E-state index contributed by atoms with van der Waals surface area (Å²) in [6.45, 7) is 5.59. The standard InChI is InChI=1S/C22H28N4O5S/c1-16-4-7-19(8-5-16)32(29,30)26-12-10-25(11-13-26)15-22(28)24-23-17(2)18-6-9-20(27)21(14-18)31-3/h4-9,14,27H,10-13,15H2,1-3H3,(H,24,28)/b23-17+. The van der Waals surface area contributed by atoms with Crippen molar-refractivity contribution in [1.29, 1.82) is 0 Å². The summed E-state index contributed by atoms with van der Waals surface area (Å²) in [5.41, 5.74) is 4.75. The van der Waals surface area contributed by atoms with E-state index in [2.05, 4.69) is 10.5 Å². The first kappa shape index (κ1) is 23.7. The molecule has 1 amide bonds. The van der Waals surface area contributed by atoms with Crippen LogP contribution in [-0.4, -0.2) is 64.2 Å². The van der Waals surface area contributed by atoms with Gasteiger partial charge in [-0.05, 0) is 32.0 Å². The Balaban J connectivity index is 1.52. The summed E-state index contributed by atoms with van der Waals surface area (Å²) in [7, 11) is -2.11. The SMILES string of the molecule is COc1cc(/C(C)=N/NC(=O)C[NH+]2CCN(S(=O)(=O)c3ccc(C)cc3)CC2)ccc1[O-]. The van der Waals surface area contributed by atoms with Crippen LogP contribution in [0.4, 0.5) is 0 Å². The molecule has 2 aromatic carbocycles. The highest BCUT2D eigenvalue weighted by molar-refractivity contribution is 7.89. The Morgan fingerprint density at radius 3 is 2.47 bits per heavy atom. The predicted octanol–water partition coefficient (Wildman–Crippen LogP) is -0.493. The molecule has 2 N–H and O–H groups in total. The molecule has 0 unspecified atom stereocenters. The van der Waals surface area contributed by atoms with Crippen molar-refractivity contribution in [1.82, 2.24) is 9.73 Å². The van der Waals surface area contributed by atoms with E-state index >= 15 is 0 Å². The van der Waals surface area contributed by atoms with Crippen molar-refractivity contribution >= 4 is 21.6 Å². The Bertz CT molecular complexity index is 1090. The Labute approximate surface area is 188 Å². The molecule has 0 atom stereocenters. The van der Waals surface area contributed by atoms with Crippen LogP contribution in [0.1, 0.15) is 18.1 Å². The first-order valence-corrected chi connectivity index (χ1v) is 11.7. The molecule has 1 saturated heterocycles. The van der Waals surface area contributed by atoms with Gasteiger partial charge in [0.2, 0.25) is 10.0 Å². The van der Waals surface area contributed by atoms with Gasteiger partial charge in [-0.2, -0.15) is 9.41 Å². The van der Waals surface area contributed by atoms with Crippen LogP contribution in [0.15, 0.2) is 52.5 Å². The summed E-state index contributed by atoms with van der Waals surface area (Å²) in [6, 6.07) is 11.4. The molecule has 0 radical (unpaired) electrons. The minimum Gasteiger partial charge on any atom is -0.870 e. The Morgan fingerprint density at radius 1 is 1.19 bits per heavy atom. The molecule has 0 aromatic heterocycles. The number of amides is 1. The van der Waals surface area contributed by atoms with Gasteiger partial charge in [-0.15, -0.1) is 0 Å². The van der Waals surface area contributed by atoms with Crippen molar-refractivity contribution in [2.75, 3.05) is 39.8 Å². The largest absolute Gasteiger partial charge is 0.870 e. The average molecular weight is 461 g/mol. The highest BCUT2D eigenvalue weighted by Crippen LogP contribution is 2.23. The molecule has 1 aliphatic heterocycles. The summed E-state index contributed by atoms with van der Waals surface area (Å²) < 4.78 is 32.1. The number of carbonyl (C=O) groups excluding carboxylic acids is 1. The number of ether oxygens (including phenoxy) is 1. The molecule has 2 aromatic rings. The molecule has 0 spiro atoms. The number of methoxy groups -OCH3 is 1. The lowest BCUT2D eigenvalue weighted by atomic mass is 10.1. The third-order valence-electron chi connectivity index (χ3n) is 5.43. The van der Waals surface area contributed by atoms with Gasteiger partial charge in [0.15, 0.2) is 6.54 Å². The van der Waals surface area contributed by atoms with E-state index in [1.165, 1.54) is 17.5 Å². The fourth-order valence-corrected chi connectivity index (χ4v) is 4.89. The zero-order chi connectivity index (χ0) is 23.3. The maximum Gasteiger partial charge on any atom is 0.295 e. The molecular formula is C22H28N4O5S. The smallest absolute Gasteiger partial charge is 0.295 e. The number of nitrogens with one attached hydrogen (secondary N) is 2. The first-order chi connectivity index (χ1) is 15.2. The minimum atomic E-state index is -3.53. The molecule has 0 saturated carbocycles. The van der Waals surface area contributed by atoms with Crippen LogP contribution in [-0.2, 0) is 14.8 Å². The first-order valence-electron chi connectivity index (χ1n) is 10.3. The van der Waals surface area contributed by atoms with Gasteiger partial charge < -0.3 is 14.7 Å². The van der Waals surface area contributed by atoms with Crippen LogP contribution in [0.3, 0.4) is 0 Å². The molecule has 1 heterocycles. The topological polar surface area (TPSA) is 116 Å². The number of hydrazone groups is 1. The molecule has 1 aliphatic rings. The van der Waals surface area contributed by atoms with Crippen molar-refractivity contribution in [3.8, 4) is 11.5 Å². The Morgan fingerprint density at radius 2 is 1.84 bits per heavy atom. The van der Waals surface area contributed by atoms with Gasteiger partial charge in [-0.3, -0.25) is 4.79 Å². The minimum absolute atomic E-state index is 0.192. The van der Waals surface area contributed by atoms with Crippen LogP contribution in [0, 0.1) is 6.92 Å². The maximum absolute atomic E-state index is 12.8. The van der Waals surface area contributed by atoms with E-state index in [1.54, 1.807) is 43.3 Å². The number of sulfonamides is 1. The molecule has 172 valence electrons. The second kappa shape index (κ2) is 10.1. The summed E-state index contributed by atoms with van der Waals surface area (Å²) in [4.78, 5) is 13.6. The van der Waals surface area contributed by atoms with E-state index in [-0.39, 0.29) is 28.8 Å². The molecule has 9 nitrogen and oxygen atoms in total. The van der Waals surface area contributed by atoms with Gasteiger partial charge in [0.1, 0.15) is 5.75 Å². The molecule has 1 fully saturated rings. The lowest BCUT2D eigenvalue weighted by Gasteiger charge is -2.31. The maximum atomic E-state index is 12.8. The summed E-state index contributed by atoms with van der Waals surface area (Å²) in [5, 5.41) is 15.7. The number of piperazine rings is 1. The zero-order valence-corrected chi connectivity index (χ0v) is 19.2. The van der Waals surface area contributed by atoms with Gasteiger partial charge in [0.05, 0.1) is 43.9 Å². The van der Waals surface area contributed by atoms with Crippen LogP contribution < -0.4 is 20.2 Å². The quantitative estimate of drug-likeness (QED) is 0.427. The van der Waals surface area contributed by atoms with Crippen molar-refractivity contribution < 1.29 is 28.0 Å². The number of hydrogen-bond donors (Lipinski definition) is 2. The van der Waals surface area contributed by atoms with E-state index in [9.17, 15) is 18.3 Å². The highest BCUT2D eigenvalue weighted by atomic mass is 32.2. The number of nitrogens with zero attached hydrogens (tertiary/aromatic N) is 2. The number of hydrogen-bond acceptors (Lipinski definition) is 6. The Hall–Kier alpha value is -2.95. The normalized spacial score (nSPS) is 16.0. The zero-order valence-electron chi connectivity index (χ0n) is 18.4. The molecule has 3 rings (SSSR count). The third kappa shape index (κ3) is 5.64. The molecule has 0 aliphatic carbocycles. The van der Waals surface area contributed by atoms with Crippen molar-refractivity contribution in [3.05, 3.63) is 53.6 Å². The van der Waals surface area contributed by atoms with Crippen molar-refractivity contribution in [3.63, 3.8) is 0 Å². The summed E-state index contributed by atoms with van der Waals surface area (Å²) in [5.74, 6) is -0.270. The number of benzene rings is 2. The number of rotatable bonds is 7. The highest BCUT2D eigenvalue weighted by Gasteiger charge is 2.31. The number of quaternary nitrogens is 1. The molecule has 10 heteroatoms. The average Bonchev–Trinajstić information content (AvgIpc) is 2.78. The van der Waals surface area contributed by atoms with E-state index < -0.39 is 10.0 Å². The lowest BCUT2D eigenvalue weighted by molar-refractivity contribution is -0.895. The van der Waals surface area contributed by atoms with Gasteiger partial charge in [-0.1, -0.05) is 35.6 Å². The van der Waals surface area contributed by atoms with E-state index in [0.717, 1.165) is 10.5 Å². The van der Waals surface area contributed by atoms with Crippen LogP contribution in [0.5, 0.6) is 11.5 Å². The monoisotopic (exact) mass is 460 g/mol. The fourth-order valence-electron chi connectivity index (χ4n) is 3.45. The van der Waals surface area contributed by atoms with Crippen molar-refractivity contribution in [2.24, 2.45) is 5.10 Å². The number of aryl methyl sites for hydroxylation is 1. The molecular weight excluding hydrogens is 432 g/mol. The predicted molar refractivity (Wildman–Crippen MR) is 118 cm³/mol. The van der Waals surface area contributed by atoms with Gasteiger partial charge in [-0.25, -0.2) is 13.8 Å². The van der Waals surface area contributed by atoms with E-state index in [4.69, 9.17) is 4.74 Å². The number of carbonyl (C=O) groups is 1. The van der Waals surface area contributed by atoms with Crippen molar-refractivity contribution in [2.45, 2.75) is 18.7 Å². The Kier molecular flexibility index (Phi) is 7.49. The summed E-state index contributed by atoms with van der Waals surface area (Å²) in [6.07, 6.45) is 0. The third-order valence-corrected chi connectivity index (χ3v) is 7.34. The van der Waals surface area contributed by atoms with Gasteiger partial charge in [0.25, 0.3) is 5.91 Å². The molecule has 0 bridgehead atoms. The van der Waals surface area contributed by atoms with Gasteiger partial charge >= 0.3 is 0 Å². The van der Waals surface area contributed by atoms with E-state index in [0.29, 0.717) is 37.5 Å². The molecule has 32 heavy (non-hydrogen) atoms. The second-order valence-corrected chi connectivity index (χ2v) is 9.68. The second-order valence-electron chi connectivity index (χ2n) is 7.74. The van der Waals surface area contributed by atoms with Gasteiger partial charge in [0, 0.05) is 5.56 Å². The van der Waals surface area contributed by atoms with Crippen LogP contribution >= 0.6 is 0 Å². The lowest BCUT2D eigenvalue weighted by Crippen LogP contribution is -3.15. The fraction of sp³-hybridized carbons (Fsp3) is 0.364. The van der Waals surface area contributed by atoms with E-state index in [1.807, 2.05) is 6.92 Å². The van der Waals surface area contributed by atoms with Crippen LogP contribution in [0.2, 0.25) is 0 Å². The van der Waals surface area contributed by atoms with Crippen LogP contribution in [0.25, 0.3) is 0 Å².